The topological polar surface area (TPSA) is 30.5 Å². The van der Waals surface area contributed by atoms with Gasteiger partial charge in [0.05, 0.1) is 12.7 Å². The second-order valence-corrected chi connectivity index (χ2v) is 4.52. The minimum atomic E-state index is 0.262. The predicted octanol–water partition coefficient (Wildman–Crippen LogP) is 1.57. The first kappa shape index (κ1) is 12.0. The molecule has 3 heteroatoms. The molecule has 0 radical (unpaired) electrons. The molecule has 1 rings (SSSR count). The van der Waals surface area contributed by atoms with Crippen molar-refractivity contribution >= 4 is 0 Å². The van der Waals surface area contributed by atoms with Crippen molar-refractivity contribution in [2.45, 2.75) is 45.3 Å². The number of hydrogen-bond donors (Lipinski definition) is 1. The first-order valence-electron chi connectivity index (χ1n) is 5.57. The van der Waals surface area contributed by atoms with Gasteiger partial charge in [0.15, 0.2) is 0 Å². The van der Waals surface area contributed by atoms with Crippen LogP contribution in [0.1, 0.15) is 33.6 Å². The van der Waals surface area contributed by atoms with Crippen molar-refractivity contribution in [3.05, 3.63) is 0 Å². The summed E-state index contributed by atoms with van der Waals surface area (Å²) in [6.07, 6.45) is 2.54. The molecule has 0 aromatic heterocycles. The van der Waals surface area contributed by atoms with E-state index in [1.165, 1.54) is 0 Å². The summed E-state index contributed by atoms with van der Waals surface area (Å²) in [5, 5.41) is 3.55. The van der Waals surface area contributed by atoms with Crippen LogP contribution in [0, 0.1) is 0 Å². The highest BCUT2D eigenvalue weighted by Crippen LogP contribution is 2.19. The maximum Gasteiger partial charge on any atom is 0.0594 e. The Hall–Kier alpha value is -0.120. The van der Waals surface area contributed by atoms with Crippen molar-refractivity contribution in [2.75, 3.05) is 26.4 Å². The quantitative estimate of drug-likeness (QED) is 0.685. The maximum atomic E-state index is 5.48. The summed E-state index contributed by atoms with van der Waals surface area (Å²) in [6.45, 7) is 9.91. The largest absolute Gasteiger partial charge is 0.381 e. The van der Waals surface area contributed by atoms with Gasteiger partial charge in [-0.3, -0.25) is 0 Å². The highest BCUT2D eigenvalue weighted by Gasteiger charge is 2.25. The molecular weight excluding hydrogens is 178 g/mol. The van der Waals surface area contributed by atoms with Gasteiger partial charge in [-0.05, 0) is 33.6 Å². The summed E-state index contributed by atoms with van der Waals surface area (Å²) in [5.74, 6) is 0. The van der Waals surface area contributed by atoms with E-state index in [1.54, 1.807) is 0 Å². The van der Waals surface area contributed by atoms with Gasteiger partial charge >= 0.3 is 0 Å². The molecule has 14 heavy (non-hydrogen) atoms. The Morgan fingerprint density at radius 2 is 2.00 bits per heavy atom. The maximum absolute atomic E-state index is 5.48. The molecule has 1 fully saturated rings. The molecule has 0 atom stereocenters. The van der Waals surface area contributed by atoms with Gasteiger partial charge in [0.1, 0.15) is 0 Å². The standard InChI is InChI=1S/C11H23NO2/c1-10(2)14-9-6-12-11(3)4-7-13-8-5-11/h10,12H,4-9H2,1-3H3. The molecule has 0 aliphatic carbocycles. The third kappa shape index (κ3) is 4.40. The van der Waals surface area contributed by atoms with Crippen LogP contribution in [0.2, 0.25) is 0 Å². The zero-order chi connectivity index (χ0) is 10.4. The zero-order valence-corrected chi connectivity index (χ0v) is 9.64. The Morgan fingerprint density at radius 1 is 1.36 bits per heavy atom. The van der Waals surface area contributed by atoms with Crippen LogP contribution >= 0.6 is 0 Å². The van der Waals surface area contributed by atoms with Gasteiger partial charge in [-0.2, -0.15) is 0 Å². The van der Waals surface area contributed by atoms with Crippen molar-refractivity contribution in [2.24, 2.45) is 0 Å². The lowest BCUT2D eigenvalue weighted by Gasteiger charge is -2.34. The first-order valence-corrected chi connectivity index (χ1v) is 5.57. The Morgan fingerprint density at radius 3 is 2.57 bits per heavy atom. The van der Waals surface area contributed by atoms with Crippen LogP contribution in [0.25, 0.3) is 0 Å². The highest BCUT2D eigenvalue weighted by molar-refractivity contribution is 4.84. The molecule has 0 saturated carbocycles. The van der Waals surface area contributed by atoms with Crippen LogP contribution in [0.5, 0.6) is 0 Å². The monoisotopic (exact) mass is 201 g/mol. The number of ether oxygens (including phenoxy) is 2. The van der Waals surface area contributed by atoms with Crippen molar-refractivity contribution in [3.8, 4) is 0 Å². The molecule has 3 nitrogen and oxygen atoms in total. The molecule has 0 amide bonds. The Balaban J connectivity index is 2.09. The fourth-order valence-electron chi connectivity index (χ4n) is 1.65. The lowest BCUT2D eigenvalue weighted by Crippen LogP contribution is -2.48. The van der Waals surface area contributed by atoms with Gasteiger partial charge in [0.25, 0.3) is 0 Å². The summed E-state index contributed by atoms with van der Waals surface area (Å²) in [4.78, 5) is 0. The van der Waals surface area contributed by atoms with E-state index in [-0.39, 0.29) is 5.54 Å². The van der Waals surface area contributed by atoms with E-state index in [0.717, 1.165) is 39.2 Å². The van der Waals surface area contributed by atoms with E-state index in [4.69, 9.17) is 9.47 Å². The fraction of sp³-hybridized carbons (Fsp3) is 1.00. The van der Waals surface area contributed by atoms with Crippen molar-refractivity contribution in [3.63, 3.8) is 0 Å². The van der Waals surface area contributed by atoms with Crippen LogP contribution in [0.4, 0.5) is 0 Å². The van der Waals surface area contributed by atoms with Crippen LogP contribution in [0.3, 0.4) is 0 Å². The van der Waals surface area contributed by atoms with Crippen molar-refractivity contribution in [1.29, 1.82) is 0 Å². The second kappa shape index (κ2) is 5.69. The molecule has 1 aliphatic heterocycles. The van der Waals surface area contributed by atoms with Crippen molar-refractivity contribution < 1.29 is 9.47 Å². The average Bonchev–Trinajstić information content (AvgIpc) is 2.14. The molecule has 0 aromatic carbocycles. The highest BCUT2D eigenvalue weighted by atomic mass is 16.5. The number of hydrogen-bond acceptors (Lipinski definition) is 3. The Labute approximate surface area is 87.2 Å². The molecule has 0 spiro atoms. The summed E-state index contributed by atoms with van der Waals surface area (Å²) in [6, 6.07) is 0. The zero-order valence-electron chi connectivity index (χ0n) is 9.64. The van der Waals surface area contributed by atoms with Gasteiger partial charge in [0.2, 0.25) is 0 Å². The molecule has 84 valence electrons. The minimum absolute atomic E-state index is 0.262. The van der Waals surface area contributed by atoms with Gasteiger partial charge in [0, 0.05) is 25.3 Å². The Kier molecular flexibility index (Phi) is 4.85. The van der Waals surface area contributed by atoms with Crippen LogP contribution in [-0.4, -0.2) is 38.0 Å². The van der Waals surface area contributed by atoms with E-state index < -0.39 is 0 Å². The lowest BCUT2D eigenvalue weighted by molar-refractivity contribution is 0.0348. The SMILES string of the molecule is CC(C)OCCNC1(C)CCOCC1. The summed E-state index contributed by atoms with van der Waals surface area (Å²) in [5.41, 5.74) is 0.262. The molecule has 0 aromatic rings. The fourth-order valence-corrected chi connectivity index (χ4v) is 1.65. The van der Waals surface area contributed by atoms with Gasteiger partial charge in [-0.25, -0.2) is 0 Å². The Bertz CT molecular complexity index is 153. The van der Waals surface area contributed by atoms with Crippen LogP contribution < -0.4 is 5.32 Å². The third-order valence-electron chi connectivity index (χ3n) is 2.70. The molecular formula is C11H23NO2. The normalized spacial score (nSPS) is 21.4. The molecule has 1 saturated heterocycles. The van der Waals surface area contributed by atoms with Gasteiger partial charge < -0.3 is 14.8 Å². The number of rotatable bonds is 5. The third-order valence-corrected chi connectivity index (χ3v) is 2.70. The van der Waals surface area contributed by atoms with E-state index in [1.807, 2.05) is 0 Å². The van der Waals surface area contributed by atoms with E-state index in [9.17, 15) is 0 Å². The van der Waals surface area contributed by atoms with Crippen molar-refractivity contribution in [1.82, 2.24) is 5.32 Å². The summed E-state index contributed by atoms with van der Waals surface area (Å²) < 4.78 is 10.8. The van der Waals surface area contributed by atoms with Gasteiger partial charge in [-0.15, -0.1) is 0 Å². The molecule has 1 heterocycles. The molecule has 0 bridgehead atoms. The lowest BCUT2D eigenvalue weighted by atomic mass is 9.93. The molecule has 1 N–H and O–H groups in total. The predicted molar refractivity (Wildman–Crippen MR) is 57.5 cm³/mol. The minimum Gasteiger partial charge on any atom is -0.381 e. The smallest absolute Gasteiger partial charge is 0.0594 e. The second-order valence-electron chi connectivity index (χ2n) is 4.52. The van der Waals surface area contributed by atoms with Crippen LogP contribution in [0.15, 0.2) is 0 Å². The molecule has 1 aliphatic rings. The summed E-state index contributed by atoms with van der Waals surface area (Å²) >= 11 is 0. The summed E-state index contributed by atoms with van der Waals surface area (Å²) in [7, 11) is 0. The molecule has 0 unspecified atom stereocenters. The average molecular weight is 201 g/mol. The van der Waals surface area contributed by atoms with Crippen LogP contribution in [-0.2, 0) is 9.47 Å². The first-order chi connectivity index (χ1) is 6.62. The van der Waals surface area contributed by atoms with Gasteiger partial charge in [-0.1, -0.05) is 0 Å². The van der Waals surface area contributed by atoms with E-state index in [0.29, 0.717) is 6.10 Å². The number of nitrogens with one attached hydrogen (secondary N) is 1. The van der Waals surface area contributed by atoms with E-state index >= 15 is 0 Å². The van der Waals surface area contributed by atoms with E-state index in [2.05, 4.69) is 26.1 Å².